The van der Waals surface area contributed by atoms with Gasteiger partial charge < -0.3 is 15.6 Å². The van der Waals surface area contributed by atoms with Gasteiger partial charge in [0.05, 0.1) is 5.97 Å². The molecule has 0 radical (unpaired) electrons. The summed E-state index contributed by atoms with van der Waals surface area (Å²) >= 11 is 0. The van der Waals surface area contributed by atoms with Crippen LogP contribution in [0.3, 0.4) is 0 Å². The molecular formula is C20H21FNNaO2. The average Bonchev–Trinajstić information content (AvgIpc) is 2.56. The van der Waals surface area contributed by atoms with Crippen LogP contribution in [0.2, 0.25) is 0 Å². The van der Waals surface area contributed by atoms with E-state index < -0.39 is 12.0 Å². The van der Waals surface area contributed by atoms with E-state index in [0.29, 0.717) is 5.92 Å². The molecule has 0 aliphatic rings. The first-order valence-electron chi connectivity index (χ1n) is 7.91. The average molecular weight is 349 g/mol. The van der Waals surface area contributed by atoms with Crippen molar-refractivity contribution >= 4 is 11.5 Å². The van der Waals surface area contributed by atoms with Gasteiger partial charge in [0.15, 0.2) is 0 Å². The first kappa shape index (κ1) is 21.6. The van der Waals surface area contributed by atoms with E-state index in [1.54, 1.807) is 18.2 Å². The summed E-state index contributed by atoms with van der Waals surface area (Å²) in [6, 6.07) is 13.1. The largest absolute Gasteiger partial charge is 1.00 e. The predicted molar refractivity (Wildman–Crippen MR) is 91.6 cm³/mol. The predicted octanol–water partition coefficient (Wildman–Crippen LogP) is -0.148. The smallest absolute Gasteiger partial charge is 0.548 e. The molecule has 0 saturated carbocycles. The first-order chi connectivity index (χ1) is 11.4. The molecule has 0 bridgehead atoms. The van der Waals surface area contributed by atoms with Gasteiger partial charge in [-0.2, -0.15) is 0 Å². The first-order valence-corrected chi connectivity index (χ1v) is 7.91. The fraction of sp³-hybridized carbons (Fsp3) is 0.250. The van der Waals surface area contributed by atoms with E-state index >= 15 is 0 Å². The van der Waals surface area contributed by atoms with Crippen molar-refractivity contribution in [1.82, 2.24) is 0 Å². The zero-order valence-corrected chi connectivity index (χ0v) is 16.8. The van der Waals surface area contributed by atoms with Crippen LogP contribution in [0.5, 0.6) is 0 Å². The van der Waals surface area contributed by atoms with Crippen LogP contribution in [-0.2, 0) is 4.79 Å². The zero-order chi connectivity index (χ0) is 17.7. The molecule has 1 unspecified atom stereocenters. The molecule has 2 aromatic carbocycles. The molecule has 0 fully saturated rings. The second-order valence-corrected chi connectivity index (χ2v) is 6.06. The summed E-state index contributed by atoms with van der Waals surface area (Å²) in [6.07, 6.45) is 1.90. The Morgan fingerprint density at radius 3 is 2.00 bits per heavy atom. The number of aliphatic carboxylic acids is 1. The van der Waals surface area contributed by atoms with Gasteiger partial charge in [-0.25, -0.2) is 4.39 Å². The van der Waals surface area contributed by atoms with Crippen molar-refractivity contribution in [3.8, 4) is 0 Å². The van der Waals surface area contributed by atoms with Gasteiger partial charge in [-0.3, -0.25) is 0 Å². The van der Waals surface area contributed by atoms with E-state index in [1.165, 1.54) is 17.7 Å². The van der Waals surface area contributed by atoms with Crippen molar-refractivity contribution in [1.29, 1.82) is 0 Å². The van der Waals surface area contributed by atoms with Crippen molar-refractivity contribution in [2.24, 2.45) is 5.73 Å². The second kappa shape index (κ2) is 9.88. The van der Waals surface area contributed by atoms with Crippen LogP contribution in [0.1, 0.15) is 42.9 Å². The molecular weight excluding hydrogens is 328 g/mol. The third kappa shape index (κ3) is 6.08. The van der Waals surface area contributed by atoms with Crippen LogP contribution in [0.25, 0.3) is 5.57 Å². The fourth-order valence-electron chi connectivity index (χ4n) is 2.42. The molecule has 0 heterocycles. The zero-order valence-electron chi connectivity index (χ0n) is 14.8. The van der Waals surface area contributed by atoms with Gasteiger partial charge in [-0.15, -0.1) is 0 Å². The second-order valence-electron chi connectivity index (χ2n) is 6.06. The van der Waals surface area contributed by atoms with Crippen LogP contribution >= 0.6 is 0 Å². The maximum Gasteiger partial charge on any atom is 1.00 e. The minimum Gasteiger partial charge on any atom is -0.548 e. The van der Waals surface area contributed by atoms with E-state index in [-0.39, 0.29) is 41.8 Å². The van der Waals surface area contributed by atoms with Crippen LogP contribution < -0.4 is 40.4 Å². The minimum absolute atomic E-state index is 0. The fourth-order valence-corrected chi connectivity index (χ4v) is 2.42. The standard InChI is InChI=1S/C20H22FNO2.Na/c1-13(2)14-3-5-15(6-4-14)18(11-12-19(22)20(23)24)16-7-9-17(21)10-8-16;/h3-11,13,19H,12,22H2,1-2H3,(H,23,24);/q;+1/p-1/b18-11-;. The number of hydrogen-bond donors (Lipinski definition) is 1. The van der Waals surface area contributed by atoms with Crippen molar-refractivity contribution < 1.29 is 43.8 Å². The SMILES string of the molecule is CC(C)c1ccc(/C(=C/CC(N)C(=O)[O-])c2ccc(F)cc2)cc1.[Na+]. The Balaban J connectivity index is 0.00000312. The van der Waals surface area contributed by atoms with Gasteiger partial charge in [-0.05, 0) is 46.7 Å². The Bertz CT molecular complexity index is 724. The molecule has 3 nitrogen and oxygen atoms in total. The summed E-state index contributed by atoms with van der Waals surface area (Å²) < 4.78 is 13.2. The Hall–Kier alpha value is -1.46. The van der Waals surface area contributed by atoms with E-state index in [9.17, 15) is 14.3 Å². The third-order valence-electron chi connectivity index (χ3n) is 3.92. The van der Waals surface area contributed by atoms with E-state index in [2.05, 4.69) is 13.8 Å². The molecule has 0 saturated heterocycles. The quantitative estimate of drug-likeness (QED) is 0.738. The number of carbonyl (C=O) groups is 1. The molecule has 0 spiro atoms. The summed E-state index contributed by atoms with van der Waals surface area (Å²) in [5.41, 5.74) is 9.31. The molecule has 2 rings (SSSR count). The molecule has 2 aromatic rings. The van der Waals surface area contributed by atoms with Crippen LogP contribution in [0, 0.1) is 5.82 Å². The minimum atomic E-state index is -1.29. The molecule has 0 aromatic heterocycles. The third-order valence-corrected chi connectivity index (χ3v) is 3.92. The normalized spacial score (nSPS) is 12.6. The van der Waals surface area contributed by atoms with Crippen molar-refractivity contribution in [2.75, 3.05) is 0 Å². The Labute approximate surface area is 170 Å². The van der Waals surface area contributed by atoms with Gasteiger partial charge in [-0.1, -0.05) is 56.3 Å². The number of carboxylic acids is 1. The van der Waals surface area contributed by atoms with Gasteiger partial charge in [0.2, 0.25) is 0 Å². The topological polar surface area (TPSA) is 66.2 Å². The Morgan fingerprint density at radius 2 is 1.56 bits per heavy atom. The molecule has 25 heavy (non-hydrogen) atoms. The molecule has 126 valence electrons. The summed E-state index contributed by atoms with van der Waals surface area (Å²) in [7, 11) is 0. The van der Waals surface area contributed by atoms with Crippen molar-refractivity contribution in [3.63, 3.8) is 0 Å². The number of rotatable bonds is 6. The molecule has 0 aliphatic heterocycles. The van der Waals surface area contributed by atoms with Gasteiger partial charge in [0.25, 0.3) is 0 Å². The Morgan fingerprint density at radius 1 is 1.08 bits per heavy atom. The van der Waals surface area contributed by atoms with Gasteiger partial charge in [0, 0.05) is 6.04 Å². The maximum absolute atomic E-state index is 13.2. The number of carbonyl (C=O) groups excluding carboxylic acids is 1. The molecule has 0 amide bonds. The summed E-state index contributed by atoms with van der Waals surface area (Å²) in [6.45, 7) is 4.23. The molecule has 5 heteroatoms. The monoisotopic (exact) mass is 349 g/mol. The summed E-state index contributed by atoms with van der Waals surface area (Å²) in [4.78, 5) is 10.8. The number of carboxylic acid groups (broad SMARTS) is 1. The van der Waals surface area contributed by atoms with E-state index in [0.717, 1.165) is 16.7 Å². The number of benzene rings is 2. The van der Waals surface area contributed by atoms with Crippen LogP contribution in [-0.4, -0.2) is 12.0 Å². The maximum atomic E-state index is 13.2. The number of nitrogens with two attached hydrogens (primary N) is 1. The van der Waals surface area contributed by atoms with Crippen molar-refractivity contribution in [3.05, 3.63) is 77.1 Å². The Kier molecular flexibility index (Phi) is 8.53. The summed E-state index contributed by atoms with van der Waals surface area (Å²) in [5, 5.41) is 10.8. The van der Waals surface area contributed by atoms with Gasteiger partial charge in [0.1, 0.15) is 5.82 Å². The van der Waals surface area contributed by atoms with Gasteiger partial charge >= 0.3 is 29.6 Å². The van der Waals surface area contributed by atoms with Crippen molar-refractivity contribution in [2.45, 2.75) is 32.2 Å². The van der Waals surface area contributed by atoms with Crippen LogP contribution in [0.15, 0.2) is 54.6 Å². The van der Waals surface area contributed by atoms with E-state index in [1.807, 2.05) is 24.3 Å². The van der Waals surface area contributed by atoms with Crippen LogP contribution in [0.4, 0.5) is 4.39 Å². The molecule has 1 atom stereocenters. The molecule has 0 aliphatic carbocycles. The molecule has 2 N–H and O–H groups in total. The number of halogens is 1. The number of hydrogen-bond acceptors (Lipinski definition) is 3. The summed E-state index contributed by atoms with van der Waals surface area (Å²) in [5.74, 6) is -1.19. The van der Waals surface area contributed by atoms with E-state index in [4.69, 9.17) is 5.73 Å².